The van der Waals surface area contributed by atoms with Gasteiger partial charge in [-0.2, -0.15) is 0 Å². The summed E-state index contributed by atoms with van der Waals surface area (Å²) in [6, 6.07) is 3.35. The van der Waals surface area contributed by atoms with Crippen LogP contribution >= 0.6 is 23.2 Å². The van der Waals surface area contributed by atoms with Gasteiger partial charge in [0.2, 0.25) is 5.91 Å². The molecule has 0 spiro atoms. The van der Waals surface area contributed by atoms with Gasteiger partial charge in [-0.3, -0.25) is 14.4 Å². The maximum absolute atomic E-state index is 12.5. The van der Waals surface area contributed by atoms with Crippen LogP contribution in [-0.2, 0) is 14.3 Å². The van der Waals surface area contributed by atoms with Crippen LogP contribution in [-0.4, -0.2) is 37.0 Å². The average Bonchev–Trinajstić information content (AvgIpc) is 2.53. The highest BCUT2D eigenvalue weighted by molar-refractivity contribution is 6.36. The van der Waals surface area contributed by atoms with Crippen LogP contribution in [0.25, 0.3) is 0 Å². The van der Waals surface area contributed by atoms with Crippen molar-refractivity contribution in [2.24, 2.45) is 5.92 Å². The fourth-order valence-corrected chi connectivity index (χ4v) is 2.83. The number of methoxy groups -OCH3 is 1. The van der Waals surface area contributed by atoms with Crippen molar-refractivity contribution in [3.63, 3.8) is 0 Å². The Morgan fingerprint density at radius 3 is 2.31 bits per heavy atom. The molecule has 0 radical (unpaired) electrons. The molecule has 0 bridgehead atoms. The highest BCUT2D eigenvalue weighted by Crippen LogP contribution is 2.21. The maximum atomic E-state index is 12.5. The Morgan fingerprint density at radius 1 is 1.12 bits per heavy atom. The van der Waals surface area contributed by atoms with Gasteiger partial charge in [-0.05, 0) is 37.5 Å². The van der Waals surface area contributed by atoms with Gasteiger partial charge in [0.1, 0.15) is 6.04 Å². The average molecular weight is 403 g/mol. The Balaban J connectivity index is 2.83. The molecule has 2 atom stereocenters. The van der Waals surface area contributed by atoms with E-state index in [1.807, 2.05) is 13.8 Å². The minimum Gasteiger partial charge on any atom is -0.469 e. The topological polar surface area (TPSA) is 84.5 Å². The number of carbonyl (C=O) groups excluding carboxylic acids is 3. The lowest BCUT2D eigenvalue weighted by Crippen LogP contribution is -2.50. The zero-order valence-corrected chi connectivity index (χ0v) is 16.8. The van der Waals surface area contributed by atoms with Crippen molar-refractivity contribution < 1.29 is 19.1 Å². The van der Waals surface area contributed by atoms with Crippen LogP contribution in [0.4, 0.5) is 0 Å². The van der Waals surface area contributed by atoms with Crippen LogP contribution in [0.2, 0.25) is 10.0 Å². The first-order chi connectivity index (χ1) is 12.1. The number of halogens is 2. The first-order valence-corrected chi connectivity index (χ1v) is 9.02. The van der Waals surface area contributed by atoms with Crippen LogP contribution in [0.5, 0.6) is 0 Å². The molecule has 26 heavy (non-hydrogen) atoms. The summed E-state index contributed by atoms with van der Waals surface area (Å²) >= 11 is 11.9. The molecule has 2 N–H and O–H groups in total. The lowest BCUT2D eigenvalue weighted by molar-refractivity contribution is -0.141. The van der Waals surface area contributed by atoms with E-state index in [1.165, 1.54) is 19.2 Å². The number of nitrogens with one attached hydrogen (secondary N) is 2. The molecule has 144 valence electrons. The molecule has 2 amide bonds. The molecule has 2 unspecified atom stereocenters. The molecule has 0 aliphatic rings. The number of benzene rings is 1. The van der Waals surface area contributed by atoms with Crippen molar-refractivity contribution in [2.45, 2.75) is 45.7 Å². The van der Waals surface area contributed by atoms with E-state index < -0.39 is 24.0 Å². The van der Waals surface area contributed by atoms with E-state index in [1.54, 1.807) is 13.0 Å². The van der Waals surface area contributed by atoms with Gasteiger partial charge in [0.25, 0.3) is 5.91 Å². The van der Waals surface area contributed by atoms with Crippen molar-refractivity contribution in [3.05, 3.63) is 33.8 Å². The number of hydrogen-bond donors (Lipinski definition) is 2. The zero-order valence-electron chi connectivity index (χ0n) is 15.3. The van der Waals surface area contributed by atoms with Crippen molar-refractivity contribution in [1.82, 2.24) is 10.6 Å². The van der Waals surface area contributed by atoms with E-state index in [0.717, 1.165) is 0 Å². The summed E-state index contributed by atoms with van der Waals surface area (Å²) in [4.78, 5) is 36.3. The fourth-order valence-electron chi connectivity index (χ4n) is 2.34. The summed E-state index contributed by atoms with van der Waals surface area (Å²) in [5.74, 6) is -1.08. The van der Waals surface area contributed by atoms with Gasteiger partial charge >= 0.3 is 5.97 Å². The Hall–Kier alpha value is -1.79. The number of esters is 1. The highest BCUT2D eigenvalue weighted by atomic mass is 35.5. The molecule has 1 aromatic rings. The summed E-state index contributed by atoms with van der Waals surface area (Å²) in [6.45, 7) is 5.58. The Bertz CT molecular complexity index is 665. The predicted molar refractivity (Wildman–Crippen MR) is 101 cm³/mol. The Labute approximate surface area is 163 Å². The monoisotopic (exact) mass is 402 g/mol. The Morgan fingerprint density at radius 2 is 1.77 bits per heavy atom. The number of amides is 2. The lowest BCUT2D eigenvalue weighted by atomic mass is 10.0. The van der Waals surface area contributed by atoms with E-state index >= 15 is 0 Å². The molecular formula is C18H24Cl2N2O4. The second-order valence-corrected chi connectivity index (χ2v) is 7.31. The largest absolute Gasteiger partial charge is 0.469 e. The minimum atomic E-state index is -0.755. The molecule has 0 aliphatic heterocycles. The molecular weight excluding hydrogens is 379 g/mol. The van der Waals surface area contributed by atoms with Crippen molar-refractivity contribution in [1.29, 1.82) is 0 Å². The molecule has 8 heteroatoms. The fraction of sp³-hybridized carbons (Fsp3) is 0.500. The lowest BCUT2D eigenvalue weighted by Gasteiger charge is -2.22. The molecule has 1 rings (SSSR count). The molecule has 0 saturated heterocycles. The van der Waals surface area contributed by atoms with E-state index in [-0.39, 0.29) is 28.8 Å². The first kappa shape index (κ1) is 22.3. The smallest absolute Gasteiger partial charge is 0.307 e. The number of rotatable bonds is 8. The van der Waals surface area contributed by atoms with Crippen LogP contribution in [0, 0.1) is 5.92 Å². The normalized spacial score (nSPS) is 13.0. The van der Waals surface area contributed by atoms with E-state index in [4.69, 9.17) is 23.2 Å². The summed E-state index contributed by atoms with van der Waals surface area (Å²) in [5, 5.41) is 6.05. The third-order valence-electron chi connectivity index (χ3n) is 3.59. The highest BCUT2D eigenvalue weighted by Gasteiger charge is 2.25. The summed E-state index contributed by atoms with van der Waals surface area (Å²) in [5.41, 5.74) is 0.236. The molecule has 0 aliphatic carbocycles. The summed E-state index contributed by atoms with van der Waals surface area (Å²) in [6.07, 6.45) is 0.487. The zero-order chi connectivity index (χ0) is 19.9. The maximum Gasteiger partial charge on any atom is 0.307 e. The first-order valence-electron chi connectivity index (χ1n) is 8.27. The third-order valence-corrected chi connectivity index (χ3v) is 4.14. The van der Waals surface area contributed by atoms with Gasteiger partial charge in [0.15, 0.2) is 0 Å². The molecule has 0 fully saturated rings. The van der Waals surface area contributed by atoms with E-state index in [0.29, 0.717) is 11.4 Å². The standard InChI is InChI=1S/C18H24Cl2N2O4/c1-10(2)7-15(18(25)21-11(3)8-16(23)26-4)22-17(24)13-6-5-12(19)9-14(13)20/h5-6,9-11,15H,7-8H2,1-4H3,(H,21,25)(H,22,24). The van der Waals surface area contributed by atoms with Crippen molar-refractivity contribution in [2.75, 3.05) is 7.11 Å². The summed E-state index contributed by atoms with van der Waals surface area (Å²) < 4.78 is 4.59. The molecule has 0 saturated carbocycles. The van der Waals surface area contributed by atoms with Gasteiger partial charge in [-0.15, -0.1) is 0 Å². The number of hydrogen-bond acceptors (Lipinski definition) is 4. The molecule has 0 heterocycles. The van der Waals surface area contributed by atoms with Gasteiger partial charge in [-0.1, -0.05) is 37.0 Å². The molecule has 0 aromatic heterocycles. The number of carbonyl (C=O) groups is 3. The van der Waals surface area contributed by atoms with Crippen molar-refractivity contribution in [3.8, 4) is 0 Å². The second-order valence-electron chi connectivity index (χ2n) is 6.47. The second kappa shape index (κ2) is 10.4. The van der Waals surface area contributed by atoms with Crippen LogP contribution < -0.4 is 10.6 Å². The van der Waals surface area contributed by atoms with Gasteiger partial charge < -0.3 is 15.4 Å². The van der Waals surface area contributed by atoms with Crippen LogP contribution in [0.15, 0.2) is 18.2 Å². The van der Waals surface area contributed by atoms with Gasteiger partial charge in [0.05, 0.1) is 24.1 Å². The Kier molecular flexibility index (Phi) is 8.88. The van der Waals surface area contributed by atoms with Gasteiger partial charge in [-0.25, -0.2) is 0 Å². The quantitative estimate of drug-likeness (QED) is 0.653. The molecule has 6 nitrogen and oxygen atoms in total. The van der Waals surface area contributed by atoms with E-state index in [2.05, 4.69) is 15.4 Å². The van der Waals surface area contributed by atoms with Crippen LogP contribution in [0.3, 0.4) is 0 Å². The van der Waals surface area contributed by atoms with Gasteiger partial charge in [0, 0.05) is 11.1 Å². The van der Waals surface area contributed by atoms with Crippen LogP contribution in [0.1, 0.15) is 44.0 Å². The third kappa shape index (κ3) is 7.22. The molecule has 1 aromatic carbocycles. The predicted octanol–water partition coefficient (Wildman–Crippen LogP) is 3.21. The number of ether oxygens (including phenoxy) is 1. The van der Waals surface area contributed by atoms with E-state index in [9.17, 15) is 14.4 Å². The SMILES string of the molecule is COC(=O)CC(C)NC(=O)C(CC(C)C)NC(=O)c1ccc(Cl)cc1Cl. The minimum absolute atomic E-state index is 0.0492. The summed E-state index contributed by atoms with van der Waals surface area (Å²) in [7, 11) is 1.29. The van der Waals surface area contributed by atoms with Crippen molar-refractivity contribution >= 4 is 41.0 Å².